The summed E-state index contributed by atoms with van der Waals surface area (Å²) < 4.78 is 23.9. The summed E-state index contributed by atoms with van der Waals surface area (Å²) in [5.41, 5.74) is 1.52. The normalized spacial score (nSPS) is 10.2. The summed E-state index contributed by atoms with van der Waals surface area (Å²) in [6, 6.07) is 8.99. The second-order valence-corrected chi connectivity index (χ2v) is 4.50. The van der Waals surface area contributed by atoms with Gasteiger partial charge < -0.3 is 14.6 Å². The smallest absolute Gasteiger partial charge is 0.339 e. The van der Waals surface area contributed by atoms with Crippen molar-refractivity contribution >= 4 is 5.97 Å². The number of ether oxygens (including phenoxy) is 2. The van der Waals surface area contributed by atoms with Crippen molar-refractivity contribution in [1.29, 1.82) is 0 Å². The first kappa shape index (κ1) is 14.8. The van der Waals surface area contributed by atoms with Gasteiger partial charge in [0.25, 0.3) is 0 Å². The number of carboxylic acids is 1. The van der Waals surface area contributed by atoms with Gasteiger partial charge in [0.05, 0.1) is 7.11 Å². The molecule has 2 rings (SSSR count). The first-order valence-electron chi connectivity index (χ1n) is 6.31. The first-order valence-corrected chi connectivity index (χ1v) is 6.31. The quantitative estimate of drug-likeness (QED) is 0.916. The van der Waals surface area contributed by atoms with Gasteiger partial charge in [-0.2, -0.15) is 0 Å². The van der Waals surface area contributed by atoms with E-state index >= 15 is 0 Å². The highest BCUT2D eigenvalue weighted by molar-refractivity contribution is 5.92. The molecule has 0 unspecified atom stereocenters. The molecule has 0 saturated carbocycles. The molecule has 0 aliphatic rings. The number of para-hydroxylation sites is 1. The zero-order valence-corrected chi connectivity index (χ0v) is 11.7. The Morgan fingerprint density at radius 3 is 2.71 bits per heavy atom. The van der Waals surface area contributed by atoms with Crippen molar-refractivity contribution in [2.24, 2.45) is 0 Å². The summed E-state index contributed by atoms with van der Waals surface area (Å²) >= 11 is 0. The molecule has 5 heteroatoms. The standard InChI is InChI=1S/C16H15FO4/c1-10-6-7-12(17)8-11(10)9-21-15-13(16(18)19)4-3-5-14(15)20-2/h3-8H,9H2,1-2H3,(H,18,19). The lowest BCUT2D eigenvalue weighted by Crippen LogP contribution is -2.06. The maximum absolute atomic E-state index is 13.3. The van der Waals surface area contributed by atoms with Crippen LogP contribution in [0.2, 0.25) is 0 Å². The molecular weight excluding hydrogens is 275 g/mol. The molecule has 0 spiro atoms. The van der Waals surface area contributed by atoms with Crippen LogP contribution in [0.25, 0.3) is 0 Å². The Morgan fingerprint density at radius 1 is 1.29 bits per heavy atom. The van der Waals surface area contributed by atoms with Gasteiger partial charge in [-0.1, -0.05) is 12.1 Å². The van der Waals surface area contributed by atoms with Gasteiger partial charge in [-0.05, 0) is 42.3 Å². The number of carbonyl (C=O) groups is 1. The Labute approximate surface area is 121 Å². The Morgan fingerprint density at radius 2 is 2.05 bits per heavy atom. The van der Waals surface area contributed by atoms with Crippen LogP contribution in [0.3, 0.4) is 0 Å². The van der Waals surface area contributed by atoms with Crippen molar-refractivity contribution in [3.63, 3.8) is 0 Å². The number of methoxy groups -OCH3 is 1. The number of aromatic carboxylic acids is 1. The van der Waals surface area contributed by atoms with Gasteiger partial charge >= 0.3 is 5.97 Å². The minimum absolute atomic E-state index is 0.00315. The van der Waals surface area contributed by atoms with Crippen LogP contribution < -0.4 is 9.47 Å². The largest absolute Gasteiger partial charge is 0.493 e. The van der Waals surface area contributed by atoms with Gasteiger partial charge in [0.1, 0.15) is 18.0 Å². The highest BCUT2D eigenvalue weighted by Gasteiger charge is 2.16. The minimum atomic E-state index is -1.11. The number of hydrogen-bond acceptors (Lipinski definition) is 3. The van der Waals surface area contributed by atoms with Gasteiger partial charge in [-0.15, -0.1) is 0 Å². The molecule has 0 aromatic heterocycles. The summed E-state index contributed by atoms with van der Waals surface area (Å²) in [6.45, 7) is 1.89. The van der Waals surface area contributed by atoms with Crippen LogP contribution in [0, 0.1) is 12.7 Å². The van der Waals surface area contributed by atoms with E-state index in [9.17, 15) is 14.3 Å². The van der Waals surface area contributed by atoms with Gasteiger partial charge in [-0.3, -0.25) is 0 Å². The van der Waals surface area contributed by atoms with Crippen molar-refractivity contribution < 1.29 is 23.8 Å². The Bertz CT molecular complexity index is 667. The van der Waals surface area contributed by atoms with E-state index in [1.165, 1.54) is 25.3 Å². The van der Waals surface area contributed by atoms with Crippen LogP contribution in [0.4, 0.5) is 4.39 Å². The van der Waals surface area contributed by atoms with Crippen molar-refractivity contribution in [2.45, 2.75) is 13.5 Å². The molecule has 0 fully saturated rings. The third-order valence-corrected chi connectivity index (χ3v) is 3.11. The number of hydrogen-bond donors (Lipinski definition) is 1. The average Bonchev–Trinajstić information content (AvgIpc) is 2.47. The first-order chi connectivity index (χ1) is 10.0. The molecule has 1 N–H and O–H groups in total. The fraction of sp³-hybridized carbons (Fsp3) is 0.188. The van der Waals surface area contributed by atoms with Crippen LogP contribution in [-0.2, 0) is 6.61 Å². The van der Waals surface area contributed by atoms with Gasteiger partial charge in [0.15, 0.2) is 11.5 Å². The number of halogens is 1. The maximum Gasteiger partial charge on any atom is 0.339 e. The lowest BCUT2D eigenvalue weighted by molar-refractivity contribution is 0.0691. The Balaban J connectivity index is 2.31. The zero-order chi connectivity index (χ0) is 15.4. The Kier molecular flexibility index (Phi) is 4.42. The topological polar surface area (TPSA) is 55.8 Å². The zero-order valence-electron chi connectivity index (χ0n) is 11.7. The van der Waals surface area contributed by atoms with Crippen molar-refractivity contribution in [3.05, 3.63) is 58.9 Å². The molecule has 2 aromatic rings. The van der Waals surface area contributed by atoms with Gasteiger partial charge in [-0.25, -0.2) is 9.18 Å². The van der Waals surface area contributed by atoms with Crippen molar-refractivity contribution in [1.82, 2.24) is 0 Å². The van der Waals surface area contributed by atoms with Crippen LogP contribution >= 0.6 is 0 Å². The van der Waals surface area contributed by atoms with E-state index in [2.05, 4.69) is 0 Å². The summed E-state index contributed by atoms with van der Waals surface area (Å²) in [7, 11) is 1.43. The molecule has 21 heavy (non-hydrogen) atoms. The summed E-state index contributed by atoms with van der Waals surface area (Å²) in [5.74, 6) is -1.02. The predicted molar refractivity (Wildman–Crippen MR) is 75.4 cm³/mol. The minimum Gasteiger partial charge on any atom is -0.493 e. The molecule has 0 amide bonds. The number of rotatable bonds is 5. The molecule has 0 saturated heterocycles. The summed E-state index contributed by atoms with van der Waals surface area (Å²) in [6.07, 6.45) is 0. The Hall–Kier alpha value is -2.56. The summed E-state index contributed by atoms with van der Waals surface area (Å²) in [4.78, 5) is 11.2. The maximum atomic E-state index is 13.3. The highest BCUT2D eigenvalue weighted by Crippen LogP contribution is 2.32. The molecule has 0 atom stereocenters. The van der Waals surface area contributed by atoms with E-state index in [4.69, 9.17) is 9.47 Å². The predicted octanol–water partition coefficient (Wildman–Crippen LogP) is 3.42. The lowest BCUT2D eigenvalue weighted by atomic mass is 10.1. The van der Waals surface area contributed by atoms with Crippen molar-refractivity contribution in [2.75, 3.05) is 7.11 Å². The third kappa shape index (κ3) is 3.31. The number of benzene rings is 2. The van der Waals surface area contributed by atoms with E-state index in [-0.39, 0.29) is 23.7 Å². The SMILES string of the molecule is COc1cccc(C(=O)O)c1OCc1cc(F)ccc1C. The second kappa shape index (κ2) is 6.26. The molecule has 0 aliphatic carbocycles. The van der Waals surface area contributed by atoms with Gasteiger partial charge in [0.2, 0.25) is 0 Å². The van der Waals surface area contributed by atoms with E-state index in [1.807, 2.05) is 6.92 Å². The van der Waals surface area contributed by atoms with Crippen LogP contribution in [-0.4, -0.2) is 18.2 Å². The molecule has 2 aromatic carbocycles. The fourth-order valence-electron chi connectivity index (χ4n) is 1.94. The fourth-order valence-corrected chi connectivity index (χ4v) is 1.94. The molecule has 0 radical (unpaired) electrons. The monoisotopic (exact) mass is 290 g/mol. The molecule has 0 aliphatic heterocycles. The van der Waals surface area contributed by atoms with E-state index < -0.39 is 5.97 Å². The summed E-state index contributed by atoms with van der Waals surface area (Å²) in [5, 5.41) is 9.19. The molecule has 4 nitrogen and oxygen atoms in total. The lowest BCUT2D eigenvalue weighted by Gasteiger charge is -2.14. The second-order valence-electron chi connectivity index (χ2n) is 4.50. The van der Waals surface area contributed by atoms with Crippen LogP contribution in [0.1, 0.15) is 21.5 Å². The average molecular weight is 290 g/mol. The van der Waals surface area contributed by atoms with Crippen molar-refractivity contribution in [3.8, 4) is 11.5 Å². The van der Waals surface area contributed by atoms with Crippen LogP contribution in [0.15, 0.2) is 36.4 Å². The molecular formula is C16H15FO4. The van der Waals surface area contributed by atoms with E-state index in [0.29, 0.717) is 11.3 Å². The molecule has 0 bridgehead atoms. The molecule has 0 heterocycles. The van der Waals surface area contributed by atoms with E-state index in [1.54, 1.807) is 18.2 Å². The number of carboxylic acid groups (broad SMARTS) is 1. The van der Waals surface area contributed by atoms with Gasteiger partial charge in [0, 0.05) is 0 Å². The van der Waals surface area contributed by atoms with Crippen LogP contribution in [0.5, 0.6) is 11.5 Å². The molecule has 110 valence electrons. The number of aryl methyl sites for hydroxylation is 1. The third-order valence-electron chi connectivity index (χ3n) is 3.11. The van der Waals surface area contributed by atoms with E-state index in [0.717, 1.165) is 5.56 Å². The highest BCUT2D eigenvalue weighted by atomic mass is 19.1.